The van der Waals surface area contributed by atoms with E-state index >= 15 is 0 Å². The van der Waals surface area contributed by atoms with Crippen LogP contribution in [0.4, 0.5) is 5.69 Å². The molecule has 0 saturated carbocycles. The van der Waals surface area contributed by atoms with Crippen molar-refractivity contribution in [3.05, 3.63) is 21.0 Å². The predicted octanol–water partition coefficient (Wildman–Crippen LogP) is -0.166. The summed E-state index contributed by atoms with van der Waals surface area (Å²) in [5.41, 5.74) is 0.489. The number of halogens is 1. The van der Waals surface area contributed by atoms with Crippen LogP contribution in [0.15, 0.2) is 15.5 Å². The lowest BCUT2D eigenvalue weighted by Gasteiger charge is -2.20. The van der Waals surface area contributed by atoms with Crippen LogP contribution in [0.2, 0.25) is 0 Å². The highest BCUT2D eigenvalue weighted by Gasteiger charge is 2.37. The highest BCUT2D eigenvalue weighted by atomic mass is 79.9. The molecule has 1 N–H and O–H groups in total. The Balaban J connectivity index is 1.83. The van der Waals surface area contributed by atoms with Gasteiger partial charge < -0.3 is 15.0 Å². The number of carbonyl (C=O) groups is 1. The Kier molecular flexibility index (Phi) is 3.99. The second-order valence-electron chi connectivity index (χ2n) is 5.47. The molecular weight excluding hydrogens is 340 g/mol. The van der Waals surface area contributed by atoms with Crippen molar-refractivity contribution in [1.29, 1.82) is 0 Å². The number of nitrogens with one attached hydrogen (secondary N) is 1. The number of rotatable bonds is 3. The Morgan fingerprint density at radius 3 is 2.76 bits per heavy atom. The molecule has 0 aromatic carbocycles. The minimum Gasteiger partial charge on any atom is -0.468 e. The molecule has 0 unspecified atom stereocenters. The fraction of sp³-hybridized carbons (Fsp3) is 0.615. The van der Waals surface area contributed by atoms with Gasteiger partial charge in [-0.05, 0) is 27.8 Å². The van der Waals surface area contributed by atoms with Crippen LogP contribution in [0, 0.1) is 11.8 Å². The van der Waals surface area contributed by atoms with Gasteiger partial charge in [0.2, 0.25) is 0 Å². The van der Waals surface area contributed by atoms with Crippen LogP contribution in [0.3, 0.4) is 0 Å². The Labute approximate surface area is 130 Å². The van der Waals surface area contributed by atoms with Gasteiger partial charge in [0.15, 0.2) is 0 Å². The summed E-state index contributed by atoms with van der Waals surface area (Å²) in [5, 5.41) is 7.47. The number of hydrogen-bond donors (Lipinski definition) is 1. The van der Waals surface area contributed by atoms with Gasteiger partial charge in [0.1, 0.15) is 11.0 Å². The minimum absolute atomic E-state index is 0.177. The topological polar surface area (TPSA) is 76.5 Å². The van der Waals surface area contributed by atoms with E-state index in [0.717, 1.165) is 36.5 Å². The number of hydrogen-bond acceptors (Lipinski definition) is 6. The van der Waals surface area contributed by atoms with Crippen molar-refractivity contribution in [1.82, 2.24) is 15.1 Å². The smallest absolute Gasteiger partial charge is 0.327 e. The molecule has 0 spiro atoms. The molecule has 1 aromatic rings. The van der Waals surface area contributed by atoms with Crippen molar-refractivity contribution in [2.24, 2.45) is 11.8 Å². The maximum absolute atomic E-state index is 12.3. The molecule has 3 heterocycles. The van der Waals surface area contributed by atoms with Crippen LogP contribution >= 0.6 is 15.9 Å². The minimum atomic E-state index is -0.494. The first kappa shape index (κ1) is 14.5. The zero-order valence-corrected chi connectivity index (χ0v) is 13.3. The van der Waals surface area contributed by atoms with Crippen molar-refractivity contribution in [3.8, 4) is 0 Å². The summed E-state index contributed by atoms with van der Waals surface area (Å²) in [6, 6.07) is 0. The van der Waals surface area contributed by atoms with Gasteiger partial charge in [0.05, 0.1) is 19.0 Å². The third-order valence-electron chi connectivity index (χ3n) is 4.20. The molecule has 7 nitrogen and oxygen atoms in total. The zero-order valence-electron chi connectivity index (χ0n) is 11.7. The van der Waals surface area contributed by atoms with Gasteiger partial charge in [-0.15, -0.1) is 0 Å². The van der Waals surface area contributed by atoms with Gasteiger partial charge in [-0.25, -0.2) is 4.68 Å². The van der Waals surface area contributed by atoms with E-state index in [4.69, 9.17) is 0 Å². The van der Waals surface area contributed by atoms with Crippen LogP contribution in [-0.4, -0.2) is 49.0 Å². The summed E-state index contributed by atoms with van der Waals surface area (Å²) in [4.78, 5) is 25.7. The van der Waals surface area contributed by atoms with Gasteiger partial charge in [-0.3, -0.25) is 9.59 Å². The SMILES string of the molecule is COC(=O)Cn1ncc(N2C[C@H]3CNC[C@H]3C2)c(Br)c1=O. The van der Waals surface area contributed by atoms with E-state index in [1.54, 1.807) is 6.20 Å². The van der Waals surface area contributed by atoms with E-state index < -0.39 is 5.97 Å². The van der Waals surface area contributed by atoms with E-state index in [0.29, 0.717) is 16.3 Å². The third kappa shape index (κ3) is 2.69. The Morgan fingerprint density at radius 2 is 2.14 bits per heavy atom. The molecule has 2 aliphatic rings. The second-order valence-corrected chi connectivity index (χ2v) is 6.26. The first-order valence-electron chi connectivity index (χ1n) is 6.88. The lowest BCUT2D eigenvalue weighted by atomic mass is 10.0. The highest BCUT2D eigenvalue weighted by molar-refractivity contribution is 9.10. The molecular formula is C13H17BrN4O3. The number of ether oxygens (including phenoxy) is 1. The van der Waals surface area contributed by atoms with E-state index in [1.807, 2.05) is 0 Å². The predicted molar refractivity (Wildman–Crippen MR) is 80.3 cm³/mol. The van der Waals surface area contributed by atoms with Crippen molar-refractivity contribution >= 4 is 27.6 Å². The first-order chi connectivity index (χ1) is 10.1. The molecule has 0 bridgehead atoms. The number of esters is 1. The van der Waals surface area contributed by atoms with Gasteiger partial charge in [-0.1, -0.05) is 0 Å². The summed E-state index contributed by atoms with van der Waals surface area (Å²) >= 11 is 3.35. The fourth-order valence-corrected chi connectivity index (χ4v) is 3.59. The molecule has 21 heavy (non-hydrogen) atoms. The van der Waals surface area contributed by atoms with E-state index in [-0.39, 0.29) is 12.1 Å². The van der Waals surface area contributed by atoms with Crippen molar-refractivity contribution in [2.45, 2.75) is 6.54 Å². The standard InChI is InChI=1S/C13H17BrN4O3/c1-21-11(19)7-18-13(20)12(14)10(4-16-18)17-5-8-2-15-3-9(8)6-17/h4,8-9,15H,2-3,5-7H2,1H3/t8-,9+. The van der Waals surface area contributed by atoms with Crippen molar-refractivity contribution in [2.75, 3.05) is 38.2 Å². The van der Waals surface area contributed by atoms with E-state index in [9.17, 15) is 9.59 Å². The van der Waals surface area contributed by atoms with Crippen molar-refractivity contribution < 1.29 is 9.53 Å². The Hall–Kier alpha value is -1.41. The van der Waals surface area contributed by atoms with Gasteiger partial charge in [0.25, 0.3) is 5.56 Å². The highest BCUT2D eigenvalue weighted by Crippen LogP contribution is 2.32. The largest absolute Gasteiger partial charge is 0.468 e. The zero-order chi connectivity index (χ0) is 15.0. The summed E-state index contributed by atoms with van der Waals surface area (Å²) in [6.45, 7) is 3.75. The van der Waals surface area contributed by atoms with Crippen LogP contribution in [0.5, 0.6) is 0 Å². The lowest BCUT2D eigenvalue weighted by molar-refractivity contribution is -0.141. The third-order valence-corrected chi connectivity index (χ3v) is 4.95. The molecule has 8 heteroatoms. The number of carbonyl (C=O) groups excluding carboxylic acids is 1. The summed E-state index contributed by atoms with van der Waals surface area (Å²) in [5.74, 6) is 0.773. The number of nitrogens with zero attached hydrogens (tertiary/aromatic N) is 3. The normalized spacial score (nSPS) is 24.2. The fourth-order valence-electron chi connectivity index (χ4n) is 3.03. The lowest BCUT2D eigenvalue weighted by Crippen LogP contribution is -2.32. The van der Waals surface area contributed by atoms with Gasteiger partial charge in [-0.2, -0.15) is 5.10 Å². The van der Waals surface area contributed by atoms with Gasteiger partial charge >= 0.3 is 5.97 Å². The molecule has 114 valence electrons. The van der Waals surface area contributed by atoms with Crippen LogP contribution in [0.1, 0.15) is 0 Å². The van der Waals surface area contributed by atoms with Crippen LogP contribution in [0.25, 0.3) is 0 Å². The van der Waals surface area contributed by atoms with E-state index in [1.165, 1.54) is 7.11 Å². The Bertz CT molecular complexity index is 606. The average molecular weight is 357 g/mol. The maximum Gasteiger partial charge on any atom is 0.327 e. The molecule has 2 saturated heterocycles. The molecule has 2 atom stereocenters. The van der Waals surface area contributed by atoms with Gasteiger partial charge in [0, 0.05) is 26.2 Å². The molecule has 3 rings (SSSR count). The maximum atomic E-state index is 12.3. The average Bonchev–Trinajstić information content (AvgIpc) is 3.05. The summed E-state index contributed by atoms with van der Waals surface area (Å²) in [6.07, 6.45) is 1.64. The molecule has 0 radical (unpaired) electrons. The first-order valence-corrected chi connectivity index (χ1v) is 7.67. The Morgan fingerprint density at radius 1 is 1.48 bits per heavy atom. The number of fused-ring (bicyclic) bond motifs is 1. The number of methoxy groups -OCH3 is 1. The molecule has 2 fully saturated rings. The van der Waals surface area contributed by atoms with E-state index in [2.05, 4.69) is 36.0 Å². The monoisotopic (exact) mass is 356 g/mol. The molecule has 1 aromatic heterocycles. The summed E-state index contributed by atoms with van der Waals surface area (Å²) in [7, 11) is 1.29. The van der Waals surface area contributed by atoms with Crippen LogP contribution in [-0.2, 0) is 16.1 Å². The molecule has 2 aliphatic heterocycles. The summed E-state index contributed by atoms with van der Waals surface area (Å²) < 4.78 is 6.12. The van der Waals surface area contributed by atoms with Crippen molar-refractivity contribution in [3.63, 3.8) is 0 Å². The number of anilines is 1. The quantitative estimate of drug-likeness (QED) is 0.758. The molecule has 0 amide bonds. The number of aromatic nitrogens is 2. The molecule has 0 aliphatic carbocycles. The second kappa shape index (κ2) is 5.76. The van der Waals surface area contributed by atoms with Crippen LogP contribution < -0.4 is 15.8 Å².